The Morgan fingerprint density at radius 2 is 1.41 bits per heavy atom. The third-order valence-electron chi connectivity index (χ3n) is 6.82. The van der Waals surface area contributed by atoms with Gasteiger partial charge in [0.15, 0.2) is 15.5 Å². The van der Waals surface area contributed by atoms with Crippen LogP contribution >= 0.6 is 0 Å². The Hall–Kier alpha value is -4.11. The number of phenolic OH excluding ortho intramolecular Hbond substituents is 1. The van der Waals surface area contributed by atoms with Crippen molar-refractivity contribution in [3.63, 3.8) is 0 Å². The fourth-order valence-corrected chi connectivity index (χ4v) is 5.17. The van der Waals surface area contributed by atoms with Gasteiger partial charge >= 0.3 is 0 Å². The van der Waals surface area contributed by atoms with E-state index in [4.69, 9.17) is 4.74 Å². The third kappa shape index (κ3) is 6.46. The van der Waals surface area contributed by atoms with E-state index in [1.165, 1.54) is 12.1 Å². The van der Waals surface area contributed by atoms with E-state index in [-0.39, 0.29) is 27.2 Å². The maximum atomic E-state index is 13.6. The largest absolute Gasteiger partial charge is 0.507 e. The number of anilines is 1. The van der Waals surface area contributed by atoms with Crippen molar-refractivity contribution in [2.75, 3.05) is 18.7 Å². The molecule has 8 nitrogen and oxygen atoms in total. The number of nitrogens with one attached hydrogen (secondary N) is 1. The predicted octanol–water partition coefficient (Wildman–Crippen LogP) is 6.50. The first kappa shape index (κ1) is 29.9. The minimum absolute atomic E-state index is 0.172. The van der Waals surface area contributed by atoms with E-state index in [0.717, 1.165) is 22.9 Å². The van der Waals surface area contributed by atoms with Gasteiger partial charge in [0.2, 0.25) is 0 Å². The Morgan fingerprint density at radius 3 is 1.88 bits per heavy atom. The average molecular weight is 576 g/mol. The Balaban J connectivity index is 1.80. The molecule has 4 aromatic rings. The van der Waals surface area contributed by atoms with Crippen molar-refractivity contribution >= 4 is 21.4 Å². The molecule has 0 atom stereocenters. The molecule has 2 N–H and O–H groups in total. The van der Waals surface area contributed by atoms with Crippen LogP contribution in [0.25, 0.3) is 16.9 Å². The fraction of sp³-hybridized carbons (Fsp3) is 0.312. The molecule has 0 saturated carbocycles. The number of carbonyl (C=O) groups is 1. The molecule has 1 heterocycles. The molecule has 0 bridgehead atoms. The summed E-state index contributed by atoms with van der Waals surface area (Å²) in [5, 5.41) is 18.7. The molecule has 0 aliphatic heterocycles. The lowest BCUT2D eigenvalue weighted by Crippen LogP contribution is -2.19. The summed E-state index contributed by atoms with van der Waals surface area (Å²) in [6, 6.07) is 19.0. The second-order valence-corrected chi connectivity index (χ2v) is 14.2. The summed E-state index contributed by atoms with van der Waals surface area (Å²) in [5.74, 6) is 0.496. The maximum Gasteiger partial charge on any atom is 0.276 e. The summed E-state index contributed by atoms with van der Waals surface area (Å²) in [7, 11) is -1.78. The highest BCUT2D eigenvalue weighted by atomic mass is 32.2. The SMILES string of the molecule is COc1ccc(-c2cc(C(=O)Nc3cc(C(C)(C)C)c(O)c(C(C)(C)C)c3)nn2-c2ccc(S(C)(=O)=O)cc2)cc1. The number of rotatable bonds is 6. The van der Waals surface area contributed by atoms with Crippen LogP contribution in [0.15, 0.2) is 71.6 Å². The van der Waals surface area contributed by atoms with Crippen molar-refractivity contribution in [3.05, 3.63) is 83.6 Å². The van der Waals surface area contributed by atoms with Gasteiger partial charge in [0.25, 0.3) is 5.91 Å². The molecule has 0 aliphatic carbocycles. The zero-order chi connectivity index (χ0) is 30.3. The lowest BCUT2D eigenvalue weighted by Gasteiger charge is -2.28. The smallest absolute Gasteiger partial charge is 0.276 e. The van der Waals surface area contributed by atoms with E-state index in [9.17, 15) is 18.3 Å². The molecule has 3 aromatic carbocycles. The van der Waals surface area contributed by atoms with E-state index in [1.54, 1.807) is 42.1 Å². The third-order valence-corrected chi connectivity index (χ3v) is 7.95. The van der Waals surface area contributed by atoms with Gasteiger partial charge < -0.3 is 15.2 Å². The normalized spacial score (nSPS) is 12.3. The van der Waals surface area contributed by atoms with Gasteiger partial charge in [-0.3, -0.25) is 4.79 Å². The fourth-order valence-electron chi connectivity index (χ4n) is 4.54. The molecule has 216 valence electrons. The van der Waals surface area contributed by atoms with Crippen molar-refractivity contribution in [2.45, 2.75) is 57.3 Å². The van der Waals surface area contributed by atoms with Crippen LogP contribution in [0.5, 0.6) is 11.5 Å². The van der Waals surface area contributed by atoms with Crippen LogP contribution < -0.4 is 10.1 Å². The lowest BCUT2D eigenvalue weighted by molar-refractivity contribution is 0.102. The molecule has 0 aliphatic rings. The number of amides is 1. The highest BCUT2D eigenvalue weighted by Crippen LogP contribution is 2.41. The van der Waals surface area contributed by atoms with Crippen molar-refractivity contribution in [1.29, 1.82) is 0 Å². The van der Waals surface area contributed by atoms with Gasteiger partial charge in [-0.2, -0.15) is 5.10 Å². The van der Waals surface area contributed by atoms with Crippen LogP contribution in [0.2, 0.25) is 0 Å². The second-order valence-electron chi connectivity index (χ2n) is 12.2. The lowest BCUT2D eigenvalue weighted by atomic mass is 9.79. The molecule has 41 heavy (non-hydrogen) atoms. The van der Waals surface area contributed by atoms with E-state index in [0.29, 0.717) is 22.8 Å². The van der Waals surface area contributed by atoms with Gasteiger partial charge in [-0.1, -0.05) is 41.5 Å². The van der Waals surface area contributed by atoms with Gasteiger partial charge in [0.1, 0.15) is 11.5 Å². The van der Waals surface area contributed by atoms with Gasteiger partial charge in [-0.25, -0.2) is 13.1 Å². The van der Waals surface area contributed by atoms with E-state index < -0.39 is 15.7 Å². The zero-order valence-corrected chi connectivity index (χ0v) is 25.6. The molecule has 0 saturated heterocycles. The number of ether oxygens (including phenoxy) is 1. The monoisotopic (exact) mass is 575 g/mol. The summed E-state index contributed by atoms with van der Waals surface area (Å²) < 4.78 is 30.9. The van der Waals surface area contributed by atoms with Crippen LogP contribution in [-0.2, 0) is 20.7 Å². The van der Waals surface area contributed by atoms with Crippen LogP contribution in [0.1, 0.15) is 63.2 Å². The first-order valence-electron chi connectivity index (χ1n) is 13.2. The molecule has 0 spiro atoms. The summed E-state index contributed by atoms with van der Waals surface area (Å²) in [4.78, 5) is 13.8. The molecule has 0 unspecified atom stereocenters. The van der Waals surface area contributed by atoms with Gasteiger partial charge in [-0.15, -0.1) is 0 Å². The predicted molar refractivity (Wildman–Crippen MR) is 162 cm³/mol. The molecule has 1 amide bonds. The number of hydrogen-bond acceptors (Lipinski definition) is 6. The van der Waals surface area contributed by atoms with Crippen molar-refractivity contribution < 1.29 is 23.1 Å². The number of phenols is 1. The average Bonchev–Trinajstić information content (AvgIpc) is 3.33. The molecule has 0 radical (unpaired) electrons. The van der Waals surface area contributed by atoms with E-state index in [2.05, 4.69) is 10.4 Å². The van der Waals surface area contributed by atoms with Gasteiger partial charge in [-0.05, 0) is 77.6 Å². The number of carbonyl (C=O) groups excluding carboxylic acids is 1. The van der Waals surface area contributed by atoms with Crippen LogP contribution in [-0.4, -0.2) is 42.6 Å². The first-order valence-corrected chi connectivity index (χ1v) is 15.1. The summed E-state index contributed by atoms with van der Waals surface area (Å²) in [6.07, 6.45) is 1.15. The second kappa shape index (κ2) is 10.7. The molecular weight excluding hydrogens is 538 g/mol. The highest BCUT2D eigenvalue weighted by molar-refractivity contribution is 7.90. The summed E-state index contributed by atoms with van der Waals surface area (Å²) in [6.45, 7) is 12.1. The molecule has 9 heteroatoms. The Bertz CT molecular complexity index is 1660. The molecule has 4 rings (SSSR count). The Morgan fingerprint density at radius 1 is 0.878 bits per heavy atom. The summed E-state index contributed by atoms with van der Waals surface area (Å²) in [5.41, 5.74) is 3.51. The zero-order valence-electron chi connectivity index (χ0n) is 24.7. The number of benzene rings is 3. The number of nitrogens with zero attached hydrogens (tertiary/aromatic N) is 2. The van der Waals surface area contributed by atoms with Crippen molar-refractivity contribution in [2.24, 2.45) is 0 Å². The minimum Gasteiger partial charge on any atom is -0.507 e. The quantitative estimate of drug-likeness (QED) is 0.254. The van der Waals surface area contributed by atoms with Crippen LogP contribution in [0.3, 0.4) is 0 Å². The number of methoxy groups -OCH3 is 1. The van der Waals surface area contributed by atoms with Crippen molar-refractivity contribution in [1.82, 2.24) is 9.78 Å². The van der Waals surface area contributed by atoms with Gasteiger partial charge in [0.05, 0.1) is 23.4 Å². The van der Waals surface area contributed by atoms with Crippen LogP contribution in [0.4, 0.5) is 5.69 Å². The molecular formula is C32H37N3O5S. The van der Waals surface area contributed by atoms with Gasteiger partial charge in [0, 0.05) is 28.6 Å². The number of sulfone groups is 1. The van der Waals surface area contributed by atoms with E-state index >= 15 is 0 Å². The Labute approximate surface area is 241 Å². The number of hydrogen-bond donors (Lipinski definition) is 2. The topological polar surface area (TPSA) is 111 Å². The Kier molecular flexibility index (Phi) is 7.80. The van der Waals surface area contributed by atoms with E-state index in [1.807, 2.05) is 65.8 Å². The number of aromatic nitrogens is 2. The molecule has 1 aromatic heterocycles. The minimum atomic E-state index is -3.37. The van der Waals surface area contributed by atoms with Crippen LogP contribution in [0, 0.1) is 0 Å². The van der Waals surface area contributed by atoms with Crippen molar-refractivity contribution in [3.8, 4) is 28.4 Å². The first-order chi connectivity index (χ1) is 19.0. The highest BCUT2D eigenvalue weighted by Gasteiger charge is 2.27. The summed E-state index contributed by atoms with van der Waals surface area (Å²) >= 11 is 0. The maximum absolute atomic E-state index is 13.6. The molecule has 0 fully saturated rings. The number of aromatic hydroxyl groups is 1. The standard InChI is InChI=1S/C32H37N3O5S/c1-31(2,3)25-17-21(18-26(29(25)36)32(4,5)6)33-30(37)27-19-28(20-9-13-23(40-7)14-10-20)35(34-27)22-11-15-24(16-12-22)41(8,38)39/h9-19,36H,1-8H3,(H,33,37).